The van der Waals surface area contributed by atoms with Crippen LogP contribution in [0.2, 0.25) is 0 Å². The van der Waals surface area contributed by atoms with E-state index in [2.05, 4.69) is 5.32 Å². The van der Waals surface area contributed by atoms with E-state index in [1.165, 1.54) is 6.92 Å². The van der Waals surface area contributed by atoms with Crippen molar-refractivity contribution in [3.8, 4) is 0 Å². The smallest absolute Gasteiger partial charge is 0.217 e. The second-order valence-corrected chi connectivity index (χ2v) is 4.73. The Kier molecular flexibility index (Phi) is 5.28. The van der Waals surface area contributed by atoms with Crippen LogP contribution in [0.25, 0.3) is 0 Å². The molecule has 15 heavy (non-hydrogen) atoms. The zero-order valence-electron chi connectivity index (χ0n) is 9.87. The molecule has 0 spiro atoms. The molecule has 0 bridgehead atoms. The molecule has 1 amide bonds. The lowest BCUT2D eigenvalue weighted by Crippen LogP contribution is -2.47. The molecular formula is C10H20N2O3. The molecular weight excluding hydrogens is 196 g/mol. The lowest BCUT2D eigenvalue weighted by Gasteiger charge is -2.25. The van der Waals surface area contributed by atoms with E-state index >= 15 is 0 Å². The van der Waals surface area contributed by atoms with E-state index in [1.807, 2.05) is 21.1 Å². The first kappa shape index (κ1) is 13.9. The molecule has 0 fully saturated rings. The maximum Gasteiger partial charge on any atom is 0.217 e. The quantitative estimate of drug-likeness (QED) is 0.563. The van der Waals surface area contributed by atoms with E-state index in [-0.39, 0.29) is 5.91 Å². The van der Waals surface area contributed by atoms with Crippen LogP contribution < -0.4 is 10.4 Å². The second kappa shape index (κ2) is 5.70. The largest absolute Gasteiger partial charge is 0.548 e. The highest BCUT2D eigenvalue weighted by Crippen LogP contribution is 2.01. The number of hydrogen-bond donors (Lipinski definition) is 1. The van der Waals surface area contributed by atoms with Crippen LogP contribution in [0.5, 0.6) is 0 Å². The standard InChI is InChI=1S/C10H20N2O3/c1-8(13)11-9(10(14)15)6-5-7-12(2,3)4/h9H,5-7H2,1-4H3,(H-,11,13,14,15)/t9-/m0/s1. The summed E-state index contributed by atoms with van der Waals surface area (Å²) in [5.41, 5.74) is 0. The highest BCUT2D eigenvalue weighted by Gasteiger charge is 2.13. The van der Waals surface area contributed by atoms with Gasteiger partial charge >= 0.3 is 0 Å². The van der Waals surface area contributed by atoms with Gasteiger partial charge in [-0.25, -0.2) is 0 Å². The Hall–Kier alpha value is -1.10. The van der Waals surface area contributed by atoms with Crippen molar-refractivity contribution in [2.24, 2.45) is 0 Å². The Morgan fingerprint density at radius 2 is 1.87 bits per heavy atom. The van der Waals surface area contributed by atoms with Gasteiger partial charge in [0.2, 0.25) is 5.91 Å². The Morgan fingerprint density at radius 3 is 2.20 bits per heavy atom. The molecule has 5 heteroatoms. The fourth-order valence-corrected chi connectivity index (χ4v) is 1.26. The maximum absolute atomic E-state index is 10.7. The van der Waals surface area contributed by atoms with Crippen molar-refractivity contribution >= 4 is 11.9 Å². The van der Waals surface area contributed by atoms with Gasteiger partial charge in [-0.1, -0.05) is 0 Å². The molecule has 0 saturated carbocycles. The highest BCUT2D eigenvalue weighted by atomic mass is 16.4. The number of aliphatic carboxylic acids is 1. The highest BCUT2D eigenvalue weighted by molar-refractivity contribution is 5.80. The van der Waals surface area contributed by atoms with E-state index in [9.17, 15) is 14.7 Å². The molecule has 0 aliphatic carbocycles. The fourth-order valence-electron chi connectivity index (χ4n) is 1.26. The Morgan fingerprint density at radius 1 is 1.33 bits per heavy atom. The van der Waals surface area contributed by atoms with Gasteiger partial charge < -0.3 is 19.7 Å². The van der Waals surface area contributed by atoms with E-state index in [0.717, 1.165) is 17.4 Å². The first-order chi connectivity index (χ1) is 6.72. The molecule has 0 radical (unpaired) electrons. The van der Waals surface area contributed by atoms with Gasteiger partial charge in [-0.05, 0) is 12.8 Å². The van der Waals surface area contributed by atoms with Crippen LogP contribution >= 0.6 is 0 Å². The van der Waals surface area contributed by atoms with Gasteiger partial charge in [0.05, 0.1) is 39.7 Å². The van der Waals surface area contributed by atoms with Crippen LogP contribution in [-0.2, 0) is 9.59 Å². The third kappa shape index (κ3) is 7.93. The van der Waals surface area contributed by atoms with Crippen LogP contribution in [0, 0.1) is 0 Å². The number of carboxylic acids is 1. The van der Waals surface area contributed by atoms with Gasteiger partial charge in [0.25, 0.3) is 0 Å². The summed E-state index contributed by atoms with van der Waals surface area (Å²) in [6, 6.07) is -0.867. The summed E-state index contributed by atoms with van der Waals surface area (Å²) in [7, 11) is 6.10. The Bertz CT molecular complexity index is 233. The van der Waals surface area contributed by atoms with Crippen molar-refractivity contribution in [2.45, 2.75) is 25.8 Å². The van der Waals surface area contributed by atoms with E-state index in [1.54, 1.807) is 0 Å². The van der Waals surface area contributed by atoms with Gasteiger partial charge in [0.15, 0.2) is 0 Å². The molecule has 0 heterocycles. The van der Waals surface area contributed by atoms with Crippen molar-refractivity contribution in [1.29, 1.82) is 0 Å². The number of nitrogens with zero attached hydrogens (tertiary/aromatic N) is 1. The third-order valence-electron chi connectivity index (χ3n) is 1.98. The Balaban J connectivity index is 3.98. The topological polar surface area (TPSA) is 69.2 Å². The lowest BCUT2D eigenvalue weighted by atomic mass is 10.1. The molecule has 1 atom stereocenters. The van der Waals surface area contributed by atoms with Crippen molar-refractivity contribution < 1.29 is 19.2 Å². The number of hydrogen-bond acceptors (Lipinski definition) is 3. The minimum absolute atomic E-state index is 0.338. The van der Waals surface area contributed by atoms with Gasteiger partial charge in [0.1, 0.15) is 0 Å². The molecule has 5 nitrogen and oxygen atoms in total. The van der Waals surface area contributed by atoms with Crippen LogP contribution in [0.4, 0.5) is 0 Å². The average Bonchev–Trinajstić information content (AvgIpc) is 1.99. The summed E-state index contributed by atoms with van der Waals surface area (Å²) in [5, 5.41) is 13.0. The van der Waals surface area contributed by atoms with Gasteiger partial charge in [-0.2, -0.15) is 0 Å². The summed E-state index contributed by atoms with van der Waals surface area (Å²) >= 11 is 0. The first-order valence-corrected chi connectivity index (χ1v) is 5.01. The van der Waals surface area contributed by atoms with Crippen molar-refractivity contribution in [2.75, 3.05) is 27.7 Å². The number of carbonyl (C=O) groups excluding carboxylic acids is 2. The molecule has 0 aliphatic rings. The van der Waals surface area contributed by atoms with Gasteiger partial charge in [-0.15, -0.1) is 0 Å². The van der Waals surface area contributed by atoms with Crippen LogP contribution in [0.1, 0.15) is 19.8 Å². The summed E-state index contributed by atoms with van der Waals surface area (Å²) < 4.78 is 0.778. The van der Waals surface area contributed by atoms with Crippen molar-refractivity contribution in [3.63, 3.8) is 0 Å². The minimum atomic E-state index is -1.22. The molecule has 0 aromatic heterocycles. The predicted molar refractivity (Wildman–Crippen MR) is 54.7 cm³/mol. The monoisotopic (exact) mass is 216 g/mol. The number of amides is 1. The molecule has 0 saturated heterocycles. The maximum atomic E-state index is 10.7. The van der Waals surface area contributed by atoms with Crippen LogP contribution in [0.3, 0.4) is 0 Å². The molecule has 0 aromatic rings. The fraction of sp³-hybridized carbons (Fsp3) is 0.800. The zero-order chi connectivity index (χ0) is 12.1. The van der Waals surface area contributed by atoms with Crippen molar-refractivity contribution in [3.05, 3.63) is 0 Å². The first-order valence-electron chi connectivity index (χ1n) is 5.01. The second-order valence-electron chi connectivity index (χ2n) is 4.73. The summed E-state index contributed by atoms with van der Waals surface area (Å²) in [4.78, 5) is 21.4. The third-order valence-corrected chi connectivity index (χ3v) is 1.98. The minimum Gasteiger partial charge on any atom is -0.548 e. The molecule has 0 aliphatic heterocycles. The predicted octanol–water partition coefficient (Wildman–Crippen LogP) is -1.27. The molecule has 88 valence electrons. The van der Waals surface area contributed by atoms with E-state index in [4.69, 9.17) is 0 Å². The number of rotatable bonds is 6. The number of carboxylic acid groups (broad SMARTS) is 1. The summed E-state index contributed by atoms with van der Waals surface area (Å²) in [5.74, 6) is -1.55. The SMILES string of the molecule is CC(=O)N[C@@H](CCC[N+](C)(C)C)C(=O)[O-]. The summed E-state index contributed by atoms with van der Waals surface area (Å²) in [6.45, 7) is 2.17. The van der Waals surface area contributed by atoms with Gasteiger partial charge in [0, 0.05) is 6.92 Å². The molecule has 0 rings (SSSR count). The van der Waals surface area contributed by atoms with Crippen LogP contribution in [-0.4, -0.2) is 50.1 Å². The molecule has 0 aromatic carbocycles. The average molecular weight is 216 g/mol. The summed E-state index contributed by atoms with van der Waals surface area (Å²) in [6.07, 6.45) is 1.15. The normalized spacial score (nSPS) is 13.3. The van der Waals surface area contributed by atoms with Crippen molar-refractivity contribution in [1.82, 2.24) is 5.32 Å². The number of carbonyl (C=O) groups is 2. The van der Waals surface area contributed by atoms with E-state index in [0.29, 0.717) is 6.42 Å². The van der Waals surface area contributed by atoms with Crippen LogP contribution in [0.15, 0.2) is 0 Å². The molecule has 1 N–H and O–H groups in total. The van der Waals surface area contributed by atoms with Gasteiger partial charge in [-0.3, -0.25) is 4.79 Å². The Labute approximate surface area is 90.7 Å². The lowest BCUT2D eigenvalue weighted by molar-refractivity contribution is -0.870. The number of quaternary nitrogens is 1. The van der Waals surface area contributed by atoms with E-state index < -0.39 is 12.0 Å². The molecule has 0 unspecified atom stereocenters. The zero-order valence-corrected chi connectivity index (χ0v) is 9.87. The number of nitrogens with one attached hydrogen (secondary N) is 1.